The molecule has 1 heterocycles. The standard InChI is InChI=1S/C11H18BrN3O/c1-4-15(7-5-6-12)10-8-11(16-3)14-9(2)13-10/h8H,4-7H2,1-3H3. The van der Waals surface area contributed by atoms with Crippen molar-refractivity contribution in [3.8, 4) is 5.88 Å². The molecule has 0 N–H and O–H groups in total. The monoisotopic (exact) mass is 287 g/mol. The van der Waals surface area contributed by atoms with Gasteiger partial charge in [0.15, 0.2) is 0 Å². The van der Waals surface area contributed by atoms with Crippen LogP contribution in [0.25, 0.3) is 0 Å². The molecule has 5 heteroatoms. The van der Waals surface area contributed by atoms with E-state index in [1.165, 1.54) is 0 Å². The van der Waals surface area contributed by atoms with Crippen LogP contribution in [0.5, 0.6) is 5.88 Å². The third-order valence-electron chi connectivity index (χ3n) is 2.28. The van der Waals surface area contributed by atoms with Crippen molar-refractivity contribution in [2.75, 3.05) is 30.4 Å². The van der Waals surface area contributed by atoms with Crippen LogP contribution in [0, 0.1) is 6.92 Å². The highest BCUT2D eigenvalue weighted by molar-refractivity contribution is 9.09. The van der Waals surface area contributed by atoms with Gasteiger partial charge < -0.3 is 9.64 Å². The number of nitrogens with zero attached hydrogens (tertiary/aromatic N) is 3. The van der Waals surface area contributed by atoms with Gasteiger partial charge >= 0.3 is 0 Å². The summed E-state index contributed by atoms with van der Waals surface area (Å²) in [6.07, 6.45) is 1.10. The van der Waals surface area contributed by atoms with Crippen molar-refractivity contribution < 1.29 is 4.74 Å². The van der Waals surface area contributed by atoms with E-state index in [2.05, 4.69) is 37.7 Å². The third kappa shape index (κ3) is 3.63. The van der Waals surface area contributed by atoms with Gasteiger partial charge in [0.1, 0.15) is 11.6 Å². The second-order valence-electron chi connectivity index (χ2n) is 3.44. The van der Waals surface area contributed by atoms with E-state index in [-0.39, 0.29) is 0 Å². The lowest BCUT2D eigenvalue weighted by atomic mass is 10.4. The fourth-order valence-electron chi connectivity index (χ4n) is 1.48. The van der Waals surface area contributed by atoms with Crippen molar-refractivity contribution in [1.29, 1.82) is 0 Å². The van der Waals surface area contributed by atoms with Crippen LogP contribution >= 0.6 is 15.9 Å². The number of methoxy groups -OCH3 is 1. The van der Waals surface area contributed by atoms with Crippen LogP contribution < -0.4 is 9.64 Å². The van der Waals surface area contributed by atoms with Gasteiger partial charge in [0, 0.05) is 24.5 Å². The summed E-state index contributed by atoms with van der Waals surface area (Å²) in [5.74, 6) is 2.30. The summed E-state index contributed by atoms with van der Waals surface area (Å²) >= 11 is 3.44. The maximum atomic E-state index is 5.15. The van der Waals surface area contributed by atoms with E-state index >= 15 is 0 Å². The zero-order chi connectivity index (χ0) is 12.0. The molecule has 0 aromatic carbocycles. The topological polar surface area (TPSA) is 38.2 Å². The van der Waals surface area contributed by atoms with Crippen LogP contribution in [0.2, 0.25) is 0 Å². The normalized spacial score (nSPS) is 10.2. The summed E-state index contributed by atoms with van der Waals surface area (Å²) in [5, 5.41) is 1.00. The lowest BCUT2D eigenvalue weighted by Crippen LogP contribution is -2.25. The molecule has 1 aromatic heterocycles. The fraction of sp³-hybridized carbons (Fsp3) is 0.636. The predicted molar refractivity (Wildman–Crippen MR) is 69.6 cm³/mol. The summed E-state index contributed by atoms with van der Waals surface area (Å²) in [7, 11) is 1.63. The van der Waals surface area contributed by atoms with Crippen molar-refractivity contribution in [2.24, 2.45) is 0 Å². The molecule has 0 saturated heterocycles. The highest BCUT2D eigenvalue weighted by Gasteiger charge is 2.08. The van der Waals surface area contributed by atoms with Gasteiger partial charge in [0.2, 0.25) is 5.88 Å². The van der Waals surface area contributed by atoms with Gasteiger partial charge in [-0.25, -0.2) is 4.98 Å². The Balaban J connectivity index is 2.86. The van der Waals surface area contributed by atoms with Crippen molar-refractivity contribution in [3.05, 3.63) is 11.9 Å². The molecule has 0 atom stereocenters. The van der Waals surface area contributed by atoms with Crippen LogP contribution in [0.15, 0.2) is 6.07 Å². The van der Waals surface area contributed by atoms with Crippen molar-refractivity contribution in [1.82, 2.24) is 9.97 Å². The van der Waals surface area contributed by atoms with Crippen LogP contribution in [0.3, 0.4) is 0 Å². The average molecular weight is 288 g/mol. The van der Waals surface area contributed by atoms with Gasteiger partial charge in [-0.3, -0.25) is 0 Å². The summed E-state index contributed by atoms with van der Waals surface area (Å²) in [4.78, 5) is 10.8. The lowest BCUT2D eigenvalue weighted by Gasteiger charge is -2.21. The first-order valence-electron chi connectivity index (χ1n) is 5.41. The number of anilines is 1. The maximum absolute atomic E-state index is 5.15. The van der Waals surface area contributed by atoms with Crippen LogP contribution in [-0.4, -0.2) is 35.5 Å². The largest absolute Gasteiger partial charge is 0.481 e. The van der Waals surface area contributed by atoms with E-state index in [0.29, 0.717) is 5.88 Å². The molecule has 1 rings (SSSR count). The molecule has 4 nitrogen and oxygen atoms in total. The molecule has 16 heavy (non-hydrogen) atoms. The summed E-state index contributed by atoms with van der Waals surface area (Å²) in [6.45, 7) is 5.93. The van der Waals surface area contributed by atoms with E-state index in [1.54, 1.807) is 7.11 Å². The zero-order valence-corrected chi connectivity index (χ0v) is 11.6. The Kier molecular flexibility index (Phi) is 5.52. The zero-order valence-electron chi connectivity index (χ0n) is 10.0. The summed E-state index contributed by atoms with van der Waals surface area (Å²) in [6, 6.07) is 1.88. The van der Waals surface area contributed by atoms with E-state index in [1.807, 2.05) is 13.0 Å². The molecule has 0 unspecified atom stereocenters. The Morgan fingerprint density at radius 2 is 2.19 bits per heavy atom. The van der Waals surface area contributed by atoms with Crippen LogP contribution in [-0.2, 0) is 0 Å². The number of alkyl halides is 1. The molecule has 1 aromatic rings. The summed E-state index contributed by atoms with van der Waals surface area (Å²) in [5.41, 5.74) is 0. The average Bonchev–Trinajstić information content (AvgIpc) is 2.29. The van der Waals surface area contributed by atoms with E-state index in [4.69, 9.17) is 4.74 Å². The molecular formula is C11H18BrN3O. The molecule has 0 bridgehead atoms. The number of hydrogen-bond donors (Lipinski definition) is 0. The van der Waals surface area contributed by atoms with E-state index in [9.17, 15) is 0 Å². The molecule has 0 amide bonds. The van der Waals surface area contributed by atoms with Crippen molar-refractivity contribution in [3.63, 3.8) is 0 Å². The second-order valence-corrected chi connectivity index (χ2v) is 4.23. The lowest BCUT2D eigenvalue weighted by molar-refractivity contribution is 0.395. The van der Waals surface area contributed by atoms with Gasteiger partial charge in [0.25, 0.3) is 0 Å². The molecule has 0 spiro atoms. The Hall–Kier alpha value is -0.840. The number of rotatable bonds is 6. The first-order valence-corrected chi connectivity index (χ1v) is 6.54. The van der Waals surface area contributed by atoms with Gasteiger partial charge in [-0.1, -0.05) is 15.9 Å². The minimum atomic E-state index is 0.625. The second kappa shape index (κ2) is 6.68. The quantitative estimate of drug-likeness (QED) is 0.753. The van der Waals surface area contributed by atoms with Crippen molar-refractivity contribution in [2.45, 2.75) is 20.3 Å². The van der Waals surface area contributed by atoms with Crippen LogP contribution in [0.4, 0.5) is 5.82 Å². The van der Waals surface area contributed by atoms with Crippen LogP contribution in [0.1, 0.15) is 19.2 Å². The van der Waals surface area contributed by atoms with Gasteiger partial charge in [-0.15, -0.1) is 0 Å². The van der Waals surface area contributed by atoms with Gasteiger partial charge in [-0.05, 0) is 20.3 Å². The Morgan fingerprint density at radius 1 is 1.44 bits per heavy atom. The molecule has 0 aliphatic rings. The number of aryl methyl sites for hydroxylation is 1. The predicted octanol–water partition coefficient (Wildman–Crippen LogP) is 2.40. The molecule has 0 fully saturated rings. The molecule has 0 saturated carbocycles. The number of aromatic nitrogens is 2. The third-order valence-corrected chi connectivity index (χ3v) is 2.84. The van der Waals surface area contributed by atoms with E-state index in [0.717, 1.165) is 36.5 Å². The smallest absolute Gasteiger partial charge is 0.218 e. The van der Waals surface area contributed by atoms with Gasteiger partial charge in [0.05, 0.1) is 7.11 Å². The molecule has 0 radical (unpaired) electrons. The minimum absolute atomic E-state index is 0.625. The fourth-order valence-corrected chi connectivity index (χ4v) is 1.73. The van der Waals surface area contributed by atoms with Crippen molar-refractivity contribution >= 4 is 21.7 Å². The first-order chi connectivity index (χ1) is 7.71. The van der Waals surface area contributed by atoms with Gasteiger partial charge in [-0.2, -0.15) is 4.98 Å². The minimum Gasteiger partial charge on any atom is -0.481 e. The molecule has 0 aliphatic heterocycles. The van der Waals surface area contributed by atoms with E-state index < -0.39 is 0 Å². The maximum Gasteiger partial charge on any atom is 0.218 e. The molecule has 0 aliphatic carbocycles. The Labute approximate surface area is 105 Å². The number of ether oxygens (including phenoxy) is 1. The Bertz CT molecular complexity index is 333. The molecular weight excluding hydrogens is 270 g/mol. The first kappa shape index (κ1) is 13.2. The highest BCUT2D eigenvalue weighted by Crippen LogP contribution is 2.17. The number of halogens is 1. The highest BCUT2D eigenvalue weighted by atomic mass is 79.9. The Morgan fingerprint density at radius 3 is 2.75 bits per heavy atom. The summed E-state index contributed by atoms with van der Waals surface area (Å²) < 4.78 is 5.15. The number of hydrogen-bond acceptors (Lipinski definition) is 4. The SMILES string of the molecule is CCN(CCCBr)c1cc(OC)nc(C)n1. The molecule has 90 valence electrons.